The minimum absolute atomic E-state index is 0.00473. The molecule has 2 aromatic carbocycles. The maximum atomic E-state index is 13.1. The molecule has 1 amide bonds. The summed E-state index contributed by atoms with van der Waals surface area (Å²) in [5, 5.41) is 13.8. The fraction of sp³-hybridized carbons (Fsp3) is 0.360. The molecule has 1 aliphatic heterocycles. The summed E-state index contributed by atoms with van der Waals surface area (Å²) in [5.74, 6) is 2.07. The van der Waals surface area contributed by atoms with E-state index >= 15 is 0 Å². The molecule has 6 rings (SSSR count). The highest BCUT2D eigenvalue weighted by Crippen LogP contribution is 2.64. The van der Waals surface area contributed by atoms with Gasteiger partial charge in [0.2, 0.25) is 5.91 Å². The van der Waals surface area contributed by atoms with Gasteiger partial charge in [0.05, 0.1) is 5.03 Å². The third-order valence-electron chi connectivity index (χ3n) is 7.35. The van der Waals surface area contributed by atoms with E-state index in [1.807, 2.05) is 17.8 Å². The predicted molar refractivity (Wildman–Crippen MR) is 135 cm³/mol. The number of hydrogen-bond donors (Lipinski definition) is 2. The molecule has 2 bridgehead atoms. The second-order valence-electron chi connectivity index (χ2n) is 9.24. The summed E-state index contributed by atoms with van der Waals surface area (Å²) >= 11 is 6.78. The normalized spacial score (nSPS) is 27.2. The van der Waals surface area contributed by atoms with Crippen LogP contribution in [0.5, 0.6) is 5.75 Å². The fourth-order valence-corrected chi connectivity index (χ4v) is 9.62. The fourth-order valence-electron chi connectivity index (χ4n) is 6.05. The number of benzene rings is 2. The Morgan fingerprint density at radius 1 is 1.15 bits per heavy atom. The van der Waals surface area contributed by atoms with Crippen LogP contribution in [-0.2, 0) is 11.3 Å². The van der Waals surface area contributed by atoms with Gasteiger partial charge in [-0.15, -0.1) is 11.8 Å². The van der Waals surface area contributed by atoms with E-state index in [0.29, 0.717) is 28.7 Å². The standard InChI is InChI=1S/C25H23BrN2O3S2/c26-16-3-1-2-13(11-16)21-20-14-4-5-15(10-14)22(20)32-24-23(21)33-25(31)28(24)12-19(30)27-17-6-8-18(29)9-7-17/h1-3,6-9,11,14-15,20-22,29H,4-5,10,12H2,(H,27,30). The number of aromatic nitrogens is 1. The van der Waals surface area contributed by atoms with E-state index in [4.69, 9.17) is 0 Å². The van der Waals surface area contributed by atoms with E-state index < -0.39 is 0 Å². The van der Waals surface area contributed by atoms with Gasteiger partial charge >= 0.3 is 4.87 Å². The number of phenolic OH excluding ortho intramolecular Hbond substituents is 1. The maximum Gasteiger partial charge on any atom is 0.308 e. The molecular weight excluding hydrogens is 520 g/mol. The summed E-state index contributed by atoms with van der Waals surface area (Å²) < 4.78 is 2.73. The van der Waals surface area contributed by atoms with Crippen molar-refractivity contribution < 1.29 is 9.90 Å². The van der Waals surface area contributed by atoms with E-state index in [0.717, 1.165) is 14.4 Å². The molecule has 3 aliphatic rings. The van der Waals surface area contributed by atoms with Crippen LogP contribution >= 0.6 is 39.0 Å². The molecule has 5 unspecified atom stereocenters. The third kappa shape index (κ3) is 3.76. The number of phenols is 1. The number of aromatic hydroxyl groups is 1. The zero-order chi connectivity index (χ0) is 22.7. The first-order chi connectivity index (χ1) is 16.0. The van der Waals surface area contributed by atoms with Crippen LogP contribution in [0.25, 0.3) is 0 Å². The molecule has 0 saturated heterocycles. The van der Waals surface area contributed by atoms with Gasteiger partial charge in [0.15, 0.2) is 0 Å². The lowest BCUT2D eigenvalue weighted by Gasteiger charge is -2.40. The van der Waals surface area contributed by atoms with E-state index in [1.165, 1.54) is 48.3 Å². The number of fused-ring (bicyclic) bond motifs is 6. The number of anilines is 1. The molecule has 2 fully saturated rings. The topological polar surface area (TPSA) is 71.3 Å². The molecular formula is C25H23BrN2O3S2. The van der Waals surface area contributed by atoms with Gasteiger partial charge in [-0.25, -0.2) is 0 Å². The minimum Gasteiger partial charge on any atom is -0.508 e. The Bertz CT molecular complexity index is 1290. The van der Waals surface area contributed by atoms with Crippen molar-refractivity contribution in [3.8, 4) is 5.75 Å². The number of nitrogens with zero attached hydrogens (tertiary/aromatic N) is 1. The van der Waals surface area contributed by atoms with Crippen molar-refractivity contribution in [2.24, 2.45) is 17.8 Å². The van der Waals surface area contributed by atoms with Crippen molar-refractivity contribution in [3.63, 3.8) is 0 Å². The van der Waals surface area contributed by atoms with Crippen LogP contribution < -0.4 is 10.2 Å². The Labute approximate surface area is 208 Å². The molecule has 2 saturated carbocycles. The highest BCUT2D eigenvalue weighted by molar-refractivity contribution is 9.10. The lowest BCUT2D eigenvalue weighted by Crippen LogP contribution is -2.34. The van der Waals surface area contributed by atoms with Crippen LogP contribution in [0.1, 0.15) is 35.6 Å². The van der Waals surface area contributed by atoms with E-state index in [2.05, 4.69) is 39.4 Å². The lowest BCUT2D eigenvalue weighted by molar-refractivity contribution is -0.116. The van der Waals surface area contributed by atoms with Crippen molar-refractivity contribution in [1.82, 2.24) is 4.57 Å². The SMILES string of the molecule is O=C(Cn1c2c(sc1=O)C(c1cccc(Br)c1)C1C3CCC(C3)C1S2)Nc1ccc(O)cc1. The zero-order valence-corrected chi connectivity index (χ0v) is 21.0. The lowest BCUT2D eigenvalue weighted by atomic mass is 9.75. The van der Waals surface area contributed by atoms with Gasteiger partial charge in [0, 0.05) is 26.2 Å². The van der Waals surface area contributed by atoms with Gasteiger partial charge < -0.3 is 10.4 Å². The smallest absolute Gasteiger partial charge is 0.308 e. The molecule has 8 heteroatoms. The van der Waals surface area contributed by atoms with Crippen molar-refractivity contribution in [1.29, 1.82) is 0 Å². The number of hydrogen-bond acceptors (Lipinski definition) is 5. The first kappa shape index (κ1) is 21.5. The highest BCUT2D eigenvalue weighted by atomic mass is 79.9. The first-order valence-electron chi connectivity index (χ1n) is 11.2. The van der Waals surface area contributed by atoms with Crippen molar-refractivity contribution in [2.45, 2.75) is 42.0 Å². The summed E-state index contributed by atoms with van der Waals surface area (Å²) in [6, 6.07) is 14.9. The number of amides is 1. The Hall–Kier alpha value is -2.03. The van der Waals surface area contributed by atoms with Gasteiger partial charge in [-0.1, -0.05) is 39.4 Å². The van der Waals surface area contributed by atoms with Crippen LogP contribution in [0.4, 0.5) is 5.69 Å². The van der Waals surface area contributed by atoms with Crippen molar-refractivity contribution >= 4 is 50.6 Å². The third-order valence-corrected chi connectivity index (χ3v) is 10.7. The minimum atomic E-state index is -0.238. The summed E-state index contributed by atoms with van der Waals surface area (Å²) in [5.41, 5.74) is 1.86. The van der Waals surface area contributed by atoms with Crippen LogP contribution in [-0.4, -0.2) is 20.8 Å². The Balaban J connectivity index is 1.37. The second-order valence-corrected chi connectivity index (χ2v) is 12.3. The summed E-state index contributed by atoms with van der Waals surface area (Å²) in [6.45, 7) is -0.00473. The van der Waals surface area contributed by atoms with E-state index in [-0.39, 0.29) is 29.0 Å². The molecule has 170 valence electrons. The first-order valence-corrected chi connectivity index (χ1v) is 13.7. The van der Waals surface area contributed by atoms with Crippen LogP contribution in [0.3, 0.4) is 0 Å². The Kier molecular flexibility index (Phi) is 5.42. The number of rotatable bonds is 4. The number of nitrogens with one attached hydrogen (secondary N) is 1. The van der Waals surface area contributed by atoms with Gasteiger partial charge in [-0.3, -0.25) is 14.2 Å². The number of halogens is 1. The molecule has 3 aromatic rings. The highest BCUT2D eigenvalue weighted by Gasteiger charge is 2.55. The van der Waals surface area contributed by atoms with Gasteiger partial charge in [-0.2, -0.15) is 0 Å². The largest absolute Gasteiger partial charge is 0.508 e. The molecule has 33 heavy (non-hydrogen) atoms. The molecule has 5 atom stereocenters. The summed E-state index contributed by atoms with van der Waals surface area (Å²) in [6.07, 6.45) is 3.85. The Morgan fingerprint density at radius 2 is 1.94 bits per heavy atom. The quantitative estimate of drug-likeness (QED) is 0.416. The maximum absolute atomic E-state index is 13.1. The molecule has 0 radical (unpaired) electrons. The molecule has 0 spiro atoms. The van der Waals surface area contributed by atoms with Crippen LogP contribution in [0.2, 0.25) is 0 Å². The van der Waals surface area contributed by atoms with E-state index in [1.54, 1.807) is 16.7 Å². The number of thioether (sulfide) groups is 1. The number of carbonyl (C=O) groups excluding carboxylic acids is 1. The zero-order valence-electron chi connectivity index (χ0n) is 17.7. The summed E-state index contributed by atoms with van der Waals surface area (Å²) in [7, 11) is 0. The van der Waals surface area contributed by atoms with Gasteiger partial charge in [0.1, 0.15) is 12.3 Å². The van der Waals surface area contributed by atoms with E-state index in [9.17, 15) is 14.7 Å². The average molecular weight is 544 g/mol. The van der Waals surface area contributed by atoms with Crippen LogP contribution in [0.15, 0.2) is 62.8 Å². The molecule has 2 heterocycles. The average Bonchev–Trinajstić information content (AvgIpc) is 3.48. The van der Waals surface area contributed by atoms with Crippen molar-refractivity contribution in [3.05, 3.63) is 73.1 Å². The van der Waals surface area contributed by atoms with Gasteiger partial charge in [-0.05, 0) is 79.0 Å². The van der Waals surface area contributed by atoms with Gasteiger partial charge in [0.25, 0.3) is 0 Å². The second kappa shape index (κ2) is 8.32. The molecule has 5 nitrogen and oxygen atoms in total. The summed E-state index contributed by atoms with van der Waals surface area (Å²) in [4.78, 5) is 27.0. The number of thiazole rings is 1. The predicted octanol–water partition coefficient (Wildman–Crippen LogP) is 5.67. The molecule has 2 N–H and O–H groups in total. The monoisotopic (exact) mass is 542 g/mol. The Morgan fingerprint density at radius 3 is 2.73 bits per heavy atom. The molecule has 2 aliphatic carbocycles. The molecule has 1 aromatic heterocycles. The number of carbonyl (C=O) groups is 1. The van der Waals surface area contributed by atoms with Crippen molar-refractivity contribution in [2.75, 3.05) is 5.32 Å². The van der Waals surface area contributed by atoms with Crippen LogP contribution in [0, 0.1) is 17.8 Å².